The number of benzene rings is 2. The van der Waals surface area contributed by atoms with E-state index in [0.29, 0.717) is 18.5 Å². The minimum absolute atomic E-state index is 0.0320. The van der Waals surface area contributed by atoms with E-state index in [1.54, 1.807) is 12.3 Å². The second kappa shape index (κ2) is 9.79. The molecule has 1 amide bonds. The summed E-state index contributed by atoms with van der Waals surface area (Å²) < 4.78 is 16.7. The van der Waals surface area contributed by atoms with Gasteiger partial charge in [0.1, 0.15) is 36.4 Å². The van der Waals surface area contributed by atoms with Crippen LogP contribution in [0.1, 0.15) is 49.3 Å². The standard InChI is InChI=1S/C26H26N4O4/c1-26(2,18-5-9-21(10-6-18)33-22-13-23(14-22)34-25(28)31)17-3-7-20(8-4-17)32-16-19-11-12-29-24(15-27)30-19/h3-12,22-23H,13-14,16H2,1-2H3,(H2,28,31). The molecule has 4 rings (SSSR count). The molecule has 1 aromatic heterocycles. The fourth-order valence-corrected chi connectivity index (χ4v) is 3.84. The number of carbonyl (C=O) groups excluding carboxylic acids is 1. The van der Waals surface area contributed by atoms with Gasteiger partial charge in [-0.1, -0.05) is 38.1 Å². The second-order valence-corrected chi connectivity index (χ2v) is 8.72. The van der Waals surface area contributed by atoms with Gasteiger partial charge < -0.3 is 19.9 Å². The molecule has 1 aliphatic carbocycles. The predicted molar refractivity (Wildman–Crippen MR) is 124 cm³/mol. The number of hydrogen-bond donors (Lipinski definition) is 1. The number of aromatic nitrogens is 2. The molecule has 0 spiro atoms. The zero-order valence-corrected chi connectivity index (χ0v) is 19.1. The second-order valence-electron chi connectivity index (χ2n) is 8.72. The van der Waals surface area contributed by atoms with Crippen molar-refractivity contribution in [1.29, 1.82) is 5.26 Å². The molecule has 34 heavy (non-hydrogen) atoms. The van der Waals surface area contributed by atoms with Crippen LogP contribution in [0.2, 0.25) is 0 Å². The normalized spacial score (nSPS) is 17.2. The molecule has 8 nitrogen and oxygen atoms in total. The summed E-state index contributed by atoms with van der Waals surface area (Å²) in [5.41, 5.74) is 7.77. The first-order valence-corrected chi connectivity index (χ1v) is 11.0. The zero-order valence-electron chi connectivity index (χ0n) is 19.1. The fourth-order valence-electron chi connectivity index (χ4n) is 3.84. The first-order chi connectivity index (χ1) is 16.3. The molecular formula is C26H26N4O4. The van der Waals surface area contributed by atoms with E-state index in [-0.39, 0.29) is 30.1 Å². The van der Waals surface area contributed by atoms with E-state index in [9.17, 15) is 4.79 Å². The van der Waals surface area contributed by atoms with Crippen molar-refractivity contribution < 1.29 is 19.0 Å². The van der Waals surface area contributed by atoms with E-state index in [1.165, 1.54) is 0 Å². The Bertz CT molecular complexity index is 1180. The molecule has 8 heteroatoms. The van der Waals surface area contributed by atoms with Gasteiger partial charge in [0, 0.05) is 24.5 Å². The Kier molecular flexibility index (Phi) is 6.64. The third-order valence-corrected chi connectivity index (χ3v) is 5.99. The lowest BCUT2D eigenvalue weighted by Gasteiger charge is -2.34. The van der Waals surface area contributed by atoms with Crippen molar-refractivity contribution in [3.8, 4) is 17.6 Å². The van der Waals surface area contributed by atoms with E-state index in [0.717, 1.165) is 22.6 Å². The first kappa shape index (κ1) is 23.1. The fraction of sp³-hybridized carbons (Fsp3) is 0.308. The number of nitrogens with two attached hydrogens (primary N) is 1. The van der Waals surface area contributed by atoms with Crippen LogP contribution >= 0.6 is 0 Å². The molecule has 0 atom stereocenters. The summed E-state index contributed by atoms with van der Waals surface area (Å²) in [5.74, 6) is 1.64. The average Bonchev–Trinajstić information content (AvgIpc) is 2.82. The average molecular weight is 459 g/mol. The van der Waals surface area contributed by atoms with Crippen molar-refractivity contribution >= 4 is 6.09 Å². The summed E-state index contributed by atoms with van der Waals surface area (Å²) in [6.45, 7) is 4.60. The molecule has 174 valence electrons. The third kappa shape index (κ3) is 5.44. The summed E-state index contributed by atoms with van der Waals surface area (Å²) in [4.78, 5) is 18.8. The van der Waals surface area contributed by atoms with E-state index >= 15 is 0 Å². The molecule has 0 unspecified atom stereocenters. The molecule has 0 radical (unpaired) electrons. The Hall–Kier alpha value is -4.12. The van der Waals surface area contributed by atoms with Gasteiger partial charge in [0.2, 0.25) is 5.82 Å². The maximum absolute atomic E-state index is 10.8. The van der Waals surface area contributed by atoms with E-state index in [4.69, 9.17) is 25.2 Å². The summed E-state index contributed by atoms with van der Waals surface area (Å²) in [5, 5.41) is 8.91. The van der Waals surface area contributed by atoms with Crippen molar-refractivity contribution in [3.63, 3.8) is 0 Å². The number of nitriles is 1. The van der Waals surface area contributed by atoms with Gasteiger partial charge in [-0.2, -0.15) is 5.26 Å². The Morgan fingerprint density at radius 2 is 1.65 bits per heavy atom. The minimum Gasteiger partial charge on any atom is -0.490 e. The third-order valence-electron chi connectivity index (χ3n) is 5.99. The highest BCUT2D eigenvalue weighted by molar-refractivity contribution is 5.64. The lowest BCUT2D eigenvalue weighted by molar-refractivity contribution is -0.0197. The van der Waals surface area contributed by atoms with Gasteiger partial charge in [0.15, 0.2) is 0 Å². The molecule has 1 saturated carbocycles. The maximum Gasteiger partial charge on any atom is 0.404 e. The van der Waals surface area contributed by atoms with Crippen molar-refractivity contribution in [1.82, 2.24) is 9.97 Å². The highest BCUT2D eigenvalue weighted by Crippen LogP contribution is 2.34. The topological polar surface area (TPSA) is 120 Å². The monoisotopic (exact) mass is 458 g/mol. The van der Waals surface area contributed by atoms with Crippen LogP contribution in [-0.4, -0.2) is 28.3 Å². The number of primary amides is 1. The van der Waals surface area contributed by atoms with Crippen LogP contribution in [0.15, 0.2) is 60.8 Å². The quantitative estimate of drug-likeness (QED) is 0.535. The number of rotatable bonds is 8. The zero-order chi connectivity index (χ0) is 24.1. The van der Waals surface area contributed by atoms with Crippen molar-refractivity contribution in [2.45, 2.75) is 50.9 Å². The van der Waals surface area contributed by atoms with Crippen LogP contribution in [0.5, 0.6) is 11.5 Å². The van der Waals surface area contributed by atoms with Crippen LogP contribution in [0.4, 0.5) is 4.79 Å². The Morgan fingerprint density at radius 3 is 2.24 bits per heavy atom. The van der Waals surface area contributed by atoms with Crippen LogP contribution in [-0.2, 0) is 16.8 Å². The number of ether oxygens (including phenoxy) is 3. The van der Waals surface area contributed by atoms with Crippen molar-refractivity contribution in [2.24, 2.45) is 5.73 Å². The highest BCUT2D eigenvalue weighted by atomic mass is 16.6. The molecule has 2 aromatic carbocycles. The van der Waals surface area contributed by atoms with Gasteiger partial charge in [-0.25, -0.2) is 14.8 Å². The molecule has 1 aliphatic rings. The Labute approximate surface area is 198 Å². The minimum atomic E-state index is -0.741. The summed E-state index contributed by atoms with van der Waals surface area (Å²) in [6.07, 6.45) is 2.00. The van der Waals surface area contributed by atoms with E-state index in [1.807, 2.05) is 42.5 Å². The molecule has 1 heterocycles. The molecular weight excluding hydrogens is 432 g/mol. The lowest BCUT2D eigenvalue weighted by Crippen LogP contribution is -2.41. The van der Waals surface area contributed by atoms with Crippen LogP contribution < -0.4 is 15.2 Å². The number of carbonyl (C=O) groups is 1. The van der Waals surface area contributed by atoms with Crippen LogP contribution in [0, 0.1) is 11.3 Å². The van der Waals surface area contributed by atoms with Crippen molar-refractivity contribution in [2.75, 3.05) is 0 Å². The SMILES string of the molecule is CC(C)(c1ccc(OCc2ccnc(C#N)n2)cc1)c1ccc(OC2CC(OC(N)=O)C2)cc1. The molecule has 2 N–H and O–H groups in total. The molecule has 1 fully saturated rings. The maximum atomic E-state index is 10.8. The summed E-state index contributed by atoms with van der Waals surface area (Å²) in [6, 6.07) is 19.7. The van der Waals surface area contributed by atoms with Gasteiger partial charge in [-0.15, -0.1) is 0 Å². The number of nitrogens with zero attached hydrogens (tertiary/aromatic N) is 3. The number of amides is 1. The molecule has 3 aromatic rings. The Morgan fingerprint density at radius 1 is 1.03 bits per heavy atom. The summed E-state index contributed by atoms with van der Waals surface area (Å²) >= 11 is 0. The predicted octanol–water partition coefficient (Wildman–Crippen LogP) is 4.26. The van der Waals surface area contributed by atoms with E-state index < -0.39 is 6.09 Å². The van der Waals surface area contributed by atoms with Gasteiger partial charge in [-0.3, -0.25) is 0 Å². The molecule has 0 bridgehead atoms. The lowest BCUT2D eigenvalue weighted by atomic mass is 9.78. The van der Waals surface area contributed by atoms with Crippen molar-refractivity contribution in [3.05, 3.63) is 83.4 Å². The number of hydrogen-bond acceptors (Lipinski definition) is 7. The summed E-state index contributed by atoms with van der Waals surface area (Å²) in [7, 11) is 0. The van der Waals surface area contributed by atoms with Gasteiger partial charge in [-0.05, 0) is 41.5 Å². The smallest absolute Gasteiger partial charge is 0.404 e. The van der Waals surface area contributed by atoms with Crippen LogP contribution in [0.3, 0.4) is 0 Å². The van der Waals surface area contributed by atoms with Gasteiger partial charge in [0.05, 0.1) is 5.69 Å². The molecule has 0 aliphatic heterocycles. The Balaban J connectivity index is 1.34. The highest BCUT2D eigenvalue weighted by Gasteiger charge is 2.33. The van der Waals surface area contributed by atoms with Crippen LogP contribution in [0.25, 0.3) is 0 Å². The van der Waals surface area contributed by atoms with Gasteiger partial charge >= 0.3 is 6.09 Å². The first-order valence-electron chi connectivity index (χ1n) is 11.0. The largest absolute Gasteiger partial charge is 0.490 e. The van der Waals surface area contributed by atoms with E-state index in [2.05, 4.69) is 35.9 Å². The molecule has 0 saturated heterocycles. The van der Waals surface area contributed by atoms with Gasteiger partial charge in [0.25, 0.3) is 0 Å².